The van der Waals surface area contributed by atoms with E-state index in [-0.39, 0.29) is 10.0 Å². The van der Waals surface area contributed by atoms with Crippen LogP contribution in [0.3, 0.4) is 0 Å². The molecule has 0 fully saturated rings. The molecule has 0 heterocycles. The summed E-state index contributed by atoms with van der Waals surface area (Å²) < 4.78 is 37.4. The van der Waals surface area contributed by atoms with Crippen LogP contribution in [0.25, 0.3) is 0 Å². The molecule has 82 valence electrons. The largest absolute Gasteiger partial charge is 0.418 e. The molecule has 0 aromatic heterocycles. The van der Waals surface area contributed by atoms with Crippen molar-refractivity contribution in [2.24, 2.45) is 0 Å². The number of rotatable bonds is 1. The lowest BCUT2D eigenvalue weighted by Crippen LogP contribution is -2.09. The molecule has 0 radical (unpaired) electrons. The minimum absolute atomic E-state index is 0.132. The number of alkyl halides is 3. The van der Waals surface area contributed by atoms with E-state index in [1.165, 1.54) is 6.07 Å². The third-order valence-electron chi connectivity index (χ3n) is 1.75. The second-order valence-electron chi connectivity index (χ2n) is 2.84. The Morgan fingerprint density at radius 1 is 1.40 bits per heavy atom. The second-order valence-corrected chi connectivity index (χ2v) is 4.07. The first-order valence-corrected chi connectivity index (χ1v) is 4.98. The highest BCUT2D eigenvalue weighted by Crippen LogP contribution is 2.41. The van der Waals surface area contributed by atoms with Crippen LogP contribution < -0.4 is 0 Å². The van der Waals surface area contributed by atoms with Gasteiger partial charge in [-0.3, -0.25) is 4.79 Å². The van der Waals surface area contributed by atoms with Gasteiger partial charge in [0.25, 0.3) is 0 Å². The number of carbonyl (C=O) groups is 1. The topological polar surface area (TPSA) is 17.1 Å². The van der Waals surface area contributed by atoms with Gasteiger partial charge in [0.2, 0.25) is 0 Å². The van der Waals surface area contributed by atoms with Gasteiger partial charge in [0.05, 0.1) is 10.6 Å². The minimum atomic E-state index is -4.58. The molecule has 0 aliphatic rings. The average molecular weight is 301 g/mol. The summed E-state index contributed by atoms with van der Waals surface area (Å²) in [6, 6.07) is 2.41. The number of hydrogen-bond acceptors (Lipinski definition) is 1. The van der Waals surface area contributed by atoms with Gasteiger partial charge in [0, 0.05) is 10.0 Å². The maximum Gasteiger partial charge on any atom is 0.418 e. The molecule has 0 bridgehead atoms. The Balaban J connectivity index is 3.51. The third-order valence-corrected chi connectivity index (χ3v) is 2.81. The molecular formula is C9H5BrClF3O. The monoisotopic (exact) mass is 300 g/mol. The molecule has 15 heavy (non-hydrogen) atoms. The standard InChI is InChI=1S/C9H5BrClF3O/c1-4(15)5-2-3-6(10)7(8(5)11)9(12,13)14/h2-3H,1H3. The Labute approximate surface area is 97.4 Å². The molecule has 0 N–H and O–H groups in total. The quantitative estimate of drug-likeness (QED) is 0.706. The molecular weight excluding hydrogens is 296 g/mol. The fraction of sp³-hybridized carbons (Fsp3) is 0.222. The first-order valence-electron chi connectivity index (χ1n) is 3.81. The van der Waals surface area contributed by atoms with Crippen molar-refractivity contribution >= 4 is 33.3 Å². The number of Topliss-reactive ketones (excluding diaryl/α,β-unsaturated/α-hetero) is 1. The van der Waals surface area contributed by atoms with Gasteiger partial charge in [0.1, 0.15) is 0 Å². The summed E-state index contributed by atoms with van der Waals surface area (Å²) in [5.74, 6) is -0.502. The highest BCUT2D eigenvalue weighted by Gasteiger charge is 2.36. The Morgan fingerprint density at radius 2 is 1.93 bits per heavy atom. The highest BCUT2D eigenvalue weighted by atomic mass is 79.9. The first-order chi connectivity index (χ1) is 6.75. The van der Waals surface area contributed by atoms with Gasteiger partial charge in [-0.2, -0.15) is 13.2 Å². The van der Waals surface area contributed by atoms with E-state index in [0.717, 1.165) is 13.0 Å². The summed E-state index contributed by atoms with van der Waals surface area (Å²) in [6.07, 6.45) is -4.58. The zero-order valence-corrected chi connectivity index (χ0v) is 9.79. The van der Waals surface area contributed by atoms with Crippen LogP contribution in [0.5, 0.6) is 0 Å². The summed E-state index contributed by atoms with van der Waals surface area (Å²) in [5, 5.41) is -0.565. The predicted molar refractivity (Wildman–Crippen MR) is 54.2 cm³/mol. The molecule has 0 saturated heterocycles. The lowest BCUT2D eigenvalue weighted by molar-refractivity contribution is -0.138. The summed E-state index contributed by atoms with van der Waals surface area (Å²) in [6.45, 7) is 1.16. The van der Waals surface area contributed by atoms with E-state index in [1.54, 1.807) is 0 Å². The fourth-order valence-electron chi connectivity index (χ4n) is 1.08. The zero-order valence-electron chi connectivity index (χ0n) is 7.45. The lowest BCUT2D eigenvalue weighted by Gasteiger charge is -2.12. The van der Waals surface area contributed by atoms with Crippen molar-refractivity contribution in [2.75, 3.05) is 0 Å². The SMILES string of the molecule is CC(=O)c1ccc(Br)c(C(F)(F)F)c1Cl. The Bertz CT molecular complexity index is 415. The van der Waals surface area contributed by atoms with E-state index in [0.29, 0.717) is 0 Å². The van der Waals surface area contributed by atoms with E-state index in [2.05, 4.69) is 15.9 Å². The second kappa shape index (κ2) is 4.14. The van der Waals surface area contributed by atoms with Gasteiger partial charge in [-0.1, -0.05) is 27.5 Å². The van der Waals surface area contributed by atoms with Crippen LogP contribution in [-0.4, -0.2) is 5.78 Å². The van der Waals surface area contributed by atoms with Crippen molar-refractivity contribution in [3.05, 3.63) is 32.8 Å². The minimum Gasteiger partial charge on any atom is -0.294 e. The zero-order chi connectivity index (χ0) is 11.8. The van der Waals surface area contributed by atoms with Gasteiger partial charge < -0.3 is 0 Å². The third kappa shape index (κ3) is 2.52. The number of hydrogen-bond donors (Lipinski definition) is 0. The number of benzene rings is 1. The fourth-order valence-corrected chi connectivity index (χ4v) is 2.16. The van der Waals surface area contributed by atoms with Crippen molar-refractivity contribution in [2.45, 2.75) is 13.1 Å². The molecule has 6 heteroatoms. The molecule has 0 spiro atoms. The van der Waals surface area contributed by atoms with E-state index in [4.69, 9.17) is 11.6 Å². The van der Waals surface area contributed by atoms with Crippen LogP contribution in [-0.2, 0) is 6.18 Å². The van der Waals surface area contributed by atoms with Crippen LogP contribution in [0.15, 0.2) is 16.6 Å². The molecule has 1 aromatic rings. The van der Waals surface area contributed by atoms with Crippen molar-refractivity contribution in [1.29, 1.82) is 0 Å². The molecule has 1 nitrogen and oxygen atoms in total. The molecule has 0 aliphatic heterocycles. The Kier molecular flexibility index (Phi) is 3.45. The van der Waals surface area contributed by atoms with Crippen molar-refractivity contribution in [1.82, 2.24) is 0 Å². The van der Waals surface area contributed by atoms with E-state index < -0.39 is 22.5 Å². The maximum absolute atomic E-state index is 12.5. The number of carbonyl (C=O) groups excluding carboxylic acids is 1. The molecule has 1 rings (SSSR count). The van der Waals surface area contributed by atoms with E-state index in [1.807, 2.05) is 0 Å². The van der Waals surface area contributed by atoms with Crippen LogP contribution in [0.1, 0.15) is 22.8 Å². The van der Waals surface area contributed by atoms with E-state index in [9.17, 15) is 18.0 Å². The number of ketones is 1. The van der Waals surface area contributed by atoms with Gasteiger partial charge in [-0.05, 0) is 19.1 Å². The molecule has 0 amide bonds. The molecule has 0 saturated carbocycles. The maximum atomic E-state index is 12.5. The smallest absolute Gasteiger partial charge is 0.294 e. The summed E-state index contributed by atoms with van der Waals surface area (Å²) in [7, 11) is 0. The van der Waals surface area contributed by atoms with Crippen LogP contribution >= 0.6 is 27.5 Å². The lowest BCUT2D eigenvalue weighted by atomic mass is 10.1. The summed E-state index contributed by atoms with van der Waals surface area (Å²) in [5.41, 5.74) is -1.15. The summed E-state index contributed by atoms with van der Waals surface area (Å²) >= 11 is 8.27. The van der Waals surface area contributed by atoms with Gasteiger partial charge in [0.15, 0.2) is 5.78 Å². The first kappa shape index (κ1) is 12.5. The number of halogens is 5. The average Bonchev–Trinajstić information content (AvgIpc) is 2.00. The van der Waals surface area contributed by atoms with Crippen molar-refractivity contribution < 1.29 is 18.0 Å². The van der Waals surface area contributed by atoms with E-state index >= 15 is 0 Å². The normalized spacial score (nSPS) is 11.6. The predicted octanol–water partition coefficient (Wildman–Crippen LogP) is 4.32. The van der Waals surface area contributed by atoms with Crippen LogP contribution in [0, 0.1) is 0 Å². The van der Waals surface area contributed by atoms with Gasteiger partial charge in [-0.25, -0.2) is 0 Å². The highest BCUT2D eigenvalue weighted by molar-refractivity contribution is 9.10. The van der Waals surface area contributed by atoms with Crippen LogP contribution in [0.4, 0.5) is 13.2 Å². The molecule has 1 aromatic carbocycles. The molecule has 0 aliphatic carbocycles. The van der Waals surface area contributed by atoms with Crippen molar-refractivity contribution in [3.63, 3.8) is 0 Å². The molecule has 0 unspecified atom stereocenters. The van der Waals surface area contributed by atoms with Gasteiger partial charge in [-0.15, -0.1) is 0 Å². The Hall–Kier alpha value is -0.550. The van der Waals surface area contributed by atoms with Crippen molar-refractivity contribution in [3.8, 4) is 0 Å². The van der Waals surface area contributed by atoms with Gasteiger partial charge >= 0.3 is 6.18 Å². The molecule has 0 atom stereocenters. The Morgan fingerprint density at radius 3 is 2.33 bits per heavy atom. The van der Waals surface area contributed by atoms with Crippen LogP contribution in [0.2, 0.25) is 5.02 Å². The summed E-state index contributed by atoms with van der Waals surface area (Å²) in [4.78, 5) is 11.0.